The van der Waals surface area contributed by atoms with Crippen molar-refractivity contribution in [3.63, 3.8) is 0 Å². The van der Waals surface area contributed by atoms with Gasteiger partial charge in [0.15, 0.2) is 6.10 Å². The van der Waals surface area contributed by atoms with Crippen LogP contribution in [0.25, 0.3) is 0 Å². The normalized spacial score (nSPS) is 12.0. The van der Waals surface area contributed by atoms with Gasteiger partial charge in [-0.1, -0.05) is 309 Å². The molecule has 0 aromatic carbocycles. The minimum atomic E-state index is -0.766. The van der Waals surface area contributed by atoms with Gasteiger partial charge in [-0.05, 0) is 44.9 Å². The predicted molar refractivity (Wildman–Crippen MR) is 303 cm³/mol. The maximum atomic E-state index is 12.9. The van der Waals surface area contributed by atoms with Crippen molar-refractivity contribution in [1.29, 1.82) is 0 Å². The quantitative estimate of drug-likeness (QED) is 0.0261. The van der Waals surface area contributed by atoms with E-state index in [1.165, 1.54) is 263 Å². The van der Waals surface area contributed by atoms with Crippen molar-refractivity contribution in [2.45, 2.75) is 367 Å². The molecule has 0 aliphatic carbocycles. The summed E-state index contributed by atoms with van der Waals surface area (Å²) in [5, 5.41) is 0. The number of carbonyl (C=O) groups excluding carboxylic acids is 3. The molecule has 0 heterocycles. The van der Waals surface area contributed by atoms with Crippen molar-refractivity contribution in [2.75, 3.05) is 13.2 Å². The van der Waals surface area contributed by atoms with Crippen LogP contribution in [0.15, 0.2) is 12.2 Å². The van der Waals surface area contributed by atoms with Crippen molar-refractivity contribution in [3.8, 4) is 0 Å². The largest absolute Gasteiger partial charge is 0.462 e. The van der Waals surface area contributed by atoms with Crippen LogP contribution in [0.4, 0.5) is 0 Å². The van der Waals surface area contributed by atoms with Crippen LogP contribution in [0.3, 0.4) is 0 Å². The third kappa shape index (κ3) is 57.1. The molecule has 0 bridgehead atoms. The summed E-state index contributed by atoms with van der Waals surface area (Å²) in [4.78, 5) is 38.1. The van der Waals surface area contributed by atoms with E-state index in [0.717, 1.165) is 57.8 Å². The van der Waals surface area contributed by atoms with E-state index in [4.69, 9.17) is 14.2 Å². The fraction of sp³-hybridized carbons (Fsp3) is 0.922. The Kier molecular flexibility index (Phi) is 58.1. The number of carbonyl (C=O) groups is 3. The van der Waals surface area contributed by atoms with Gasteiger partial charge >= 0.3 is 17.9 Å². The molecule has 0 aromatic rings. The average molecular weight is 988 g/mol. The minimum Gasteiger partial charge on any atom is -0.462 e. The van der Waals surface area contributed by atoms with Crippen LogP contribution in [0.5, 0.6) is 0 Å². The van der Waals surface area contributed by atoms with Crippen molar-refractivity contribution in [1.82, 2.24) is 0 Å². The van der Waals surface area contributed by atoms with Gasteiger partial charge in [-0.15, -0.1) is 0 Å². The summed E-state index contributed by atoms with van der Waals surface area (Å²) in [6.07, 6.45) is 69.5. The number of rotatable bonds is 59. The van der Waals surface area contributed by atoms with Gasteiger partial charge in [0.2, 0.25) is 0 Å². The van der Waals surface area contributed by atoms with Gasteiger partial charge in [-0.2, -0.15) is 0 Å². The van der Waals surface area contributed by atoms with Gasteiger partial charge in [-0.25, -0.2) is 0 Å². The molecule has 0 fully saturated rings. The summed E-state index contributed by atoms with van der Waals surface area (Å²) in [5.41, 5.74) is 0. The predicted octanol–water partition coefficient (Wildman–Crippen LogP) is 21.3. The first-order valence-corrected chi connectivity index (χ1v) is 31.7. The molecule has 0 spiro atoms. The zero-order valence-electron chi connectivity index (χ0n) is 47.6. The lowest BCUT2D eigenvalue weighted by molar-refractivity contribution is -0.167. The first-order chi connectivity index (χ1) is 34.5. The Morgan fingerprint density at radius 1 is 0.271 bits per heavy atom. The molecule has 0 N–H and O–H groups in total. The van der Waals surface area contributed by atoms with Crippen molar-refractivity contribution >= 4 is 17.9 Å². The lowest BCUT2D eigenvalue weighted by Crippen LogP contribution is -2.30. The number of ether oxygens (including phenoxy) is 3. The molecular formula is C64H122O6. The van der Waals surface area contributed by atoms with Crippen molar-refractivity contribution in [3.05, 3.63) is 12.2 Å². The third-order valence-electron chi connectivity index (χ3n) is 14.5. The minimum absolute atomic E-state index is 0.0658. The maximum Gasteiger partial charge on any atom is 0.306 e. The molecule has 0 rings (SSSR count). The highest BCUT2D eigenvalue weighted by molar-refractivity contribution is 5.71. The molecular weight excluding hydrogens is 865 g/mol. The van der Waals surface area contributed by atoms with Crippen molar-refractivity contribution in [2.24, 2.45) is 0 Å². The van der Waals surface area contributed by atoms with Gasteiger partial charge in [0.05, 0.1) is 0 Å². The number of hydrogen-bond donors (Lipinski definition) is 0. The Morgan fingerprint density at radius 3 is 0.714 bits per heavy atom. The summed E-state index contributed by atoms with van der Waals surface area (Å²) in [5.74, 6) is -0.847. The topological polar surface area (TPSA) is 78.9 Å². The average Bonchev–Trinajstić information content (AvgIpc) is 3.36. The molecule has 0 radical (unpaired) electrons. The highest BCUT2D eigenvalue weighted by Gasteiger charge is 2.19. The highest BCUT2D eigenvalue weighted by atomic mass is 16.6. The standard InChI is InChI=1S/C64H122O6/c1-4-7-10-13-16-19-21-23-25-27-29-30-31-32-33-34-35-37-38-40-42-45-48-51-54-57-63(66)69-60-61(59-68-62(65)56-53-50-47-44-18-15-12-9-6-3)70-64(67)58-55-52-49-46-43-41-39-36-28-26-24-22-20-17-14-11-8-5-2/h26,28,61H,4-25,27,29-60H2,1-3H3/b28-26-. The van der Waals surface area contributed by atoms with Gasteiger partial charge < -0.3 is 14.2 Å². The Balaban J connectivity index is 4.13. The summed E-state index contributed by atoms with van der Waals surface area (Å²) in [6, 6.07) is 0. The Morgan fingerprint density at radius 2 is 0.471 bits per heavy atom. The van der Waals surface area contributed by atoms with Gasteiger partial charge in [0.25, 0.3) is 0 Å². The highest BCUT2D eigenvalue weighted by Crippen LogP contribution is 2.18. The first kappa shape index (κ1) is 68.2. The maximum absolute atomic E-state index is 12.9. The van der Waals surface area contributed by atoms with E-state index < -0.39 is 6.10 Å². The molecule has 1 atom stereocenters. The van der Waals surface area contributed by atoms with E-state index in [9.17, 15) is 14.4 Å². The number of allylic oxidation sites excluding steroid dienone is 2. The molecule has 70 heavy (non-hydrogen) atoms. The molecule has 1 unspecified atom stereocenters. The fourth-order valence-electron chi connectivity index (χ4n) is 9.74. The van der Waals surface area contributed by atoms with E-state index in [2.05, 4.69) is 32.9 Å². The summed E-state index contributed by atoms with van der Waals surface area (Å²) < 4.78 is 16.9. The molecule has 0 aliphatic rings. The molecule has 0 saturated heterocycles. The molecule has 6 heteroatoms. The monoisotopic (exact) mass is 987 g/mol. The van der Waals surface area contributed by atoms with Crippen LogP contribution in [-0.2, 0) is 28.6 Å². The number of unbranched alkanes of at least 4 members (excludes halogenated alkanes) is 46. The summed E-state index contributed by atoms with van der Waals surface area (Å²) >= 11 is 0. The Labute approximate surface area is 437 Å². The molecule has 6 nitrogen and oxygen atoms in total. The molecule has 0 aliphatic heterocycles. The van der Waals surface area contributed by atoms with Crippen LogP contribution in [0, 0.1) is 0 Å². The van der Waals surface area contributed by atoms with Crippen molar-refractivity contribution < 1.29 is 28.6 Å². The Hall–Kier alpha value is -1.85. The smallest absolute Gasteiger partial charge is 0.306 e. The first-order valence-electron chi connectivity index (χ1n) is 31.7. The van der Waals surface area contributed by atoms with E-state index >= 15 is 0 Å². The van der Waals surface area contributed by atoms with Crippen LogP contribution >= 0.6 is 0 Å². The van der Waals surface area contributed by atoms with Gasteiger partial charge in [0.1, 0.15) is 13.2 Å². The lowest BCUT2D eigenvalue weighted by Gasteiger charge is -2.18. The van der Waals surface area contributed by atoms with E-state index in [1.54, 1.807) is 0 Å². The molecule has 0 aromatic heterocycles. The van der Waals surface area contributed by atoms with Crippen LogP contribution < -0.4 is 0 Å². The van der Waals surface area contributed by atoms with Gasteiger partial charge in [-0.3, -0.25) is 14.4 Å². The molecule has 414 valence electrons. The van der Waals surface area contributed by atoms with E-state index in [0.29, 0.717) is 19.3 Å². The summed E-state index contributed by atoms with van der Waals surface area (Å²) in [7, 11) is 0. The zero-order valence-corrected chi connectivity index (χ0v) is 47.6. The second-order valence-electron chi connectivity index (χ2n) is 21.7. The summed E-state index contributed by atoms with van der Waals surface area (Å²) in [6.45, 7) is 6.68. The SMILES string of the molecule is CCCCCCCCC/C=C\CCCCCCCCCC(=O)OC(COC(=O)CCCCCCCCCCC)COC(=O)CCCCCCCCCCCCCCCCCCCCCCCCCCC. The fourth-order valence-corrected chi connectivity index (χ4v) is 9.74. The Bertz CT molecular complexity index is 1090. The van der Waals surface area contributed by atoms with Crippen LogP contribution in [0.1, 0.15) is 361 Å². The zero-order chi connectivity index (χ0) is 50.7. The van der Waals surface area contributed by atoms with E-state index in [-0.39, 0.29) is 31.1 Å². The number of esters is 3. The lowest BCUT2D eigenvalue weighted by atomic mass is 10.0. The van der Waals surface area contributed by atoms with E-state index in [1.807, 2.05) is 0 Å². The molecule has 0 saturated carbocycles. The van der Waals surface area contributed by atoms with Crippen LogP contribution in [0.2, 0.25) is 0 Å². The van der Waals surface area contributed by atoms with Gasteiger partial charge in [0, 0.05) is 19.3 Å². The van der Waals surface area contributed by atoms with Crippen LogP contribution in [-0.4, -0.2) is 37.2 Å². The second-order valence-corrected chi connectivity index (χ2v) is 21.7. The third-order valence-corrected chi connectivity index (χ3v) is 14.5. The molecule has 0 amide bonds. The second kappa shape index (κ2) is 59.7. The number of hydrogen-bond acceptors (Lipinski definition) is 6.